The van der Waals surface area contributed by atoms with Gasteiger partial charge in [0, 0.05) is 23.8 Å². The summed E-state index contributed by atoms with van der Waals surface area (Å²) in [7, 11) is 1.38. The average Bonchev–Trinajstić information content (AvgIpc) is 2.94. The summed E-state index contributed by atoms with van der Waals surface area (Å²) < 4.78 is 1.02. The minimum absolute atomic E-state index is 0.100. The Morgan fingerprint density at radius 2 is 2.26 bits per heavy atom. The lowest BCUT2D eigenvalue weighted by atomic mass is 10.2. The number of aromatic hydroxyl groups is 2. The van der Waals surface area contributed by atoms with Crippen molar-refractivity contribution in [2.24, 2.45) is 5.10 Å². The molecule has 11 nitrogen and oxygen atoms in total. The quantitative estimate of drug-likeness (QED) is 0.450. The number of phenolic OH excluding ortho intramolecular Hbond substituents is 2. The third kappa shape index (κ3) is 4.00. The van der Waals surface area contributed by atoms with Crippen LogP contribution in [0.1, 0.15) is 5.56 Å². The molecule has 0 bridgehead atoms. The van der Waals surface area contributed by atoms with E-state index in [1.165, 1.54) is 25.4 Å². The van der Waals surface area contributed by atoms with Gasteiger partial charge in [0.1, 0.15) is 18.0 Å². The first-order chi connectivity index (χ1) is 10.9. The predicted molar refractivity (Wildman–Crippen MR) is 76.8 cm³/mol. The molecule has 2 aromatic rings. The summed E-state index contributed by atoms with van der Waals surface area (Å²) in [4.78, 5) is 25.0. The second-order valence-corrected chi connectivity index (χ2v) is 4.40. The number of carbonyl (C=O) groups excluding carboxylic acids is 1. The number of carbonyl (C=O) groups is 1. The van der Waals surface area contributed by atoms with Crippen LogP contribution in [0.4, 0.5) is 5.95 Å². The van der Waals surface area contributed by atoms with E-state index in [1.54, 1.807) is 0 Å². The third-order valence-corrected chi connectivity index (χ3v) is 2.73. The molecule has 0 radical (unpaired) electrons. The second-order valence-electron chi connectivity index (χ2n) is 4.40. The number of nitrogens with zero attached hydrogens (tertiary/aromatic N) is 6. The highest BCUT2D eigenvalue weighted by atomic mass is 16.6. The molecule has 1 heterocycles. The van der Waals surface area contributed by atoms with E-state index < -0.39 is 16.8 Å². The lowest BCUT2D eigenvalue weighted by Crippen LogP contribution is -2.26. The number of amides is 1. The fourth-order valence-electron chi connectivity index (χ4n) is 1.54. The molecule has 0 aliphatic heterocycles. The molecule has 0 saturated carbocycles. The zero-order chi connectivity index (χ0) is 17.0. The van der Waals surface area contributed by atoms with Crippen molar-refractivity contribution >= 4 is 18.1 Å². The van der Waals surface area contributed by atoms with Crippen LogP contribution in [-0.4, -0.2) is 54.1 Å². The number of phenols is 2. The van der Waals surface area contributed by atoms with Gasteiger partial charge in [0.05, 0.1) is 6.21 Å². The highest BCUT2D eigenvalue weighted by Gasteiger charge is 2.17. The van der Waals surface area contributed by atoms with Gasteiger partial charge in [0.15, 0.2) is 0 Å². The van der Waals surface area contributed by atoms with E-state index in [9.17, 15) is 25.1 Å². The van der Waals surface area contributed by atoms with E-state index in [-0.39, 0.29) is 18.0 Å². The molecule has 2 rings (SSSR count). The maximum Gasteiger partial charge on any atom is 0.490 e. The molecule has 0 atom stereocenters. The number of hydrogen-bond donors (Lipinski definition) is 2. The van der Waals surface area contributed by atoms with Crippen molar-refractivity contribution < 1.29 is 19.9 Å². The summed E-state index contributed by atoms with van der Waals surface area (Å²) >= 11 is 0. The van der Waals surface area contributed by atoms with E-state index in [0.29, 0.717) is 5.56 Å². The standard InChI is InChI=1S/C12H12N6O5/c1-16(14-5-8-2-3-9(19)4-10(8)20)11(21)6-17-7-13-12(15-17)18(22)23/h2-5,7,19-20H,6H2,1H3/b14-5+. The van der Waals surface area contributed by atoms with Gasteiger partial charge in [-0.3, -0.25) is 4.79 Å². The molecule has 0 fully saturated rings. The Hall–Kier alpha value is -3.50. The molecule has 0 aliphatic carbocycles. The first kappa shape index (κ1) is 15.9. The van der Waals surface area contributed by atoms with Crippen LogP contribution in [0.2, 0.25) is 0 Å². The van der Waals surface area contributed by atoms with Gasteiger partial charge < -0.3 is 20.3 Å². The molecule has 0 spiro atoms. The molecular formula is C12H12N6O5. The lowest BCUT2D eigenvalue weighted by Gasteiger charge is -2.09. The Morgan fingerprint density at radius 1 is 1.52 bits per heavy atom. The Kier molecular flexibility index (Phi) is 4.50. The first-order valence-corrected chi connectivity index (χ1v) is 6.23. The van der Waals surface area contributed by atoms with E-state index in [4.69, 9.17) is 0 Å². The van der Waals surface area contributed by atoms with Crippen LogP contribution in [0.5, 0.6) is 11.5 Å². The predicted octanol–water partition coefficient (Wildman–Crippen LogP) is 0.0900. The molecule has 2 N–H and O–H groups in total. The zero-order valence-corrected chi connectivity index (χ0v) is 11.9. The van der Waals surface area contributed by atoms with Gasteiger partial charge in [-0.25, -0.2) is 5.01 Å². The van der Waals surface area contributed by atoms with E-state index in [0.717, 1.165) is 22.1 Å². The van der Waals surface area contributed by atoms with E-state index >= 15 is 0 Å². The summed E-state index contributed by atoms with van der Waals surface area (Å²) in [6, 6.07) is 3.92. The Balaban J connectivity index is 2.01. The Morgan fingerprint density at radius 3 is 2.87 bits per heavy atom. The van der Waals surface area contributed by atoms with Crippen LogP contribution in [0.25, 0.3) is 0 Å². The number of benzene rings is 1. The summed E-state index contributed by atoms with van der Waals surface area (Å²) in [6.45, 7) is -0.282. The van der Waals surface area contributed by atoms with Crippen LogP contribution >= 0.6 is 0 Å². The van der Waals surface area contributed by atoms with Crippen molar-refractivity contribution in [2.75, 3.05) is 7.05 Å². The van der Waals surface area contributed by atoms with Crippen molar-refractivity contribution in [2.45, 2.75) is 6.54 Å². The maximum atomic E-state index is 11.9. The molecule has 0 aliphatic rings. The highest BCUT2D eigenvalue weighted by molar-refractivity contribution is 5.85. The van der Waals surface area contributed by atoms with Gasteiger partial charge in [-0.2, -0.15) is 9.78 Å². The first-order valence-electron chi connectivity index (χ1n) is 6.23. The molecule has 23 heavy (non-hydrogen) atoms. The summed E-state index contributed by atoms with van der Waals surface area (Å²) in [5, 5.41) is 37.6. The van der Waals surface area contributed by atoms with Crippen molar-refractivity contribution in [1.29, 1.82) is 0 Å². The van der Waals surface area contributed by atoms with Crippen molar-refractivity contribution in [1.82, 2.24) is 19.8 Å². The van der Waals surface area contributed by atoms with Gasteiger partial charge in [0.25, 0.3) is 5.91 Å². The molecule has 1 aromatic carbocycles. The van der Waals surface area contributed by atoms with Crippen LogP contribution in [-0.2, 0) is 11.3 Å². The fraction of sp³-hybridized carbons (Fsp3) is 0.167. The van der Waals surface area contributed by atoms with Crippen molar-refractivity contribution in [3.8, 4) is 11.5 Å². The molecule has 11 heteroatoms. The number of rotatable bonds is 5. The number of nitro groups is 1. The van der Waals surface area contributed by atoms with Crippen LogP contribution in [0.3, 0.4) is 0 Å². The zero-order valence-electron chi connectivity index (χ0n) is 11.9. The van der Waals surface area contributed by atoms with Crippen LogP contribution in [0.15, 0.2) is 29.6 Å². The number of likely N-dealkylation sites (N-methyl/N-ethyl adjacent to an activating group) is 1. The molecule has 120 valence electrons. The molecule has 1 amide bonds. The minimum atomic E-state index is -0.767. The Labute approximate surface area is 129 Å². The topological polar surface area (TPSA) is 147 Å². The number of hydrazone groups is 1. The van der Waals surface area contributed by atoms with Crippen LogP contribution in [0, 0.1) is 10.1 Å². The molecule has 1 aromatic heterocycles. The van der Waals surface area contributed by atoms with E-state index in [2.05, 4.69) is 15.2 Å². The largest absolute Gasteiger partial charge is 0.508 e. The third-order valence-electron chi connectivity index (χ3n) is 2.73. The van der Waals surface area contributed by atoms with Crippen LogP contribution < -0.4 is 0 Å². The normalized spacial score (nSPS) is 10.8. The summed E-state index contributed by atoms with van der Waals surface area (Å²) in [5.74, 6) is -1.39. The summed E-state index contributed by atoms with van der Waals surface area (Å²) in [6.07, 6.45) is 2.30. The monoisotopic (exact) mass is 320 g/mol. The molecule has 0 unspecified atom stereocenters. The number of hydrogen-bond acceptors (Lipinski definition) is 8. The second kappa shape index (κ2) is 6.51. The molecular weight excluding hydrogens is 308 g/mol. The fourth-order valence-corrected chi connectivity index (χ4v) is 1.54. The van der Waals surface area contributed by atoms with Gasteiger partial charge in [-0.1, -0.05) is 4.98 Å². The lowest BCUT2D eigenvalue weighted by molar-refractivity contribution is -0.394. The van der Waals surface area contributed by atoms with Gasteiger partial charge in [-0.05, 0) is 17.1 Å². The SMILES string of the molecule is CN(/N=C/c1ccc(O)cc1O)C(=O)Cn1cnc([N+](=O)[O-])n1. The van der Waals surface area contributed by atoms with Crippen molar-refractivity contribution in [3.63, 3.8) is 0 Å². The molecule has 0 saturated heterocycles. The number of aromatic nitrogens is 3. The summed E-state index contributed by atoms with van der Waals surface area (Å²) in [5.41, 5.74) is 0.304. The van der Waals surface area contributed by atoms with E-state index in [1.807, 2.05) is 0 Å². The van der Waals surface area contributed by atoms with Gasteiger partial charge in [0.2, 0.25) is 6.33 Å². The highest BCUT2D eigenvalue weighted by Crippen LogP contribution is 2.20. The minimum Gasteiger partial charge on any atom is -0.508 e. The average molecular weight is 320 g/mol. The Bertz CT molecular complexity index is 771. The smallest absolute Gasteiger partial charge is 0.490 e. The van der Waals surface area contributed by atoms with Crippen molar-refractivity contribution in [3.05, 3.63) is 40.2 Å². The van der Waals surface area contributed by atoms with Gasteiger partial charge >= 0.3 is 5.95 Å². The maximum absolute atomic E-state index is 11.9. The van der Waals surface area contributed by atoms with Gasteiger partial charge in [-0.15, -0.1) is 0 Å².